The number of fused-ring (bicyclic) bond motifs is 1. The van der Waals surface area contributed by atoms with Crippen LogP contribution in [0, 0.1) is 0 Å². The van der Waals surface area contributed by atoms with Crippen molar-refractivity contribution in [2.75, 3.05) is 0 Å². The highest BCUT2D eigenvalue weighted by Crippen LogP contribution is 2.27. The first-order valence-electron chi connectivity index (χ1n) is 5.05. The molecule has 1 N–H and O–H groups in total. The van der Waals surface area contributed by atoms with Gasteiger partial charge in [-0.3, -0.25) is 0 Å². The van der Waals surface area contributed by atoms with Crippen LogP contribution in [0.1, 0.15) is 31.5 Å². The molecule has 0 fully saturated rings. The molecule has 2 nitrogen and oxygen atoms in total. The van der Waals surface area contributed by atoms with Crippen molar-refractivity contribution in [1.82, 2.24) is 9.97 Å². The highest BCUT2D eigenvalue weighted by molar-refractivity contribution is 7.09. The van der Waals surface area contributed by atoms with E-state index in [1.807, 2.05) is 0 Å². The zero-order valence-corrected chi connectivity index (χ0v) is 8.73. The highest BCUT2D eigenvalue weighted by Gasteiger charge is 2.10. The average molecular weight is 204 g/mol. The van der Waals surface area contributed by atoms with Gasteiger partial charge in [-0.1, -0.05) is 6.08 Å². The maximum atomic E-state index is 4.58. The predicted octanol–water partition coefficient (Wildman–Crippen LogP) is 3.58. The van der Waals surface area contributed by atoms with Gasteiger partial charge >= 0.3 is 0 Å². The zero-order valence-electron chi connectivity index (χ0n) is 7.92. The van der Waals surface area contributed by atoms with Crippen LogP contribution in [-0.4, -0.2) is 9.97 Å². The maximum absolute atomic E-state index is 4.58. The summed E-state index contributed by atoms with van der Waals surface area (Å²) in [6.07, 6.45) is 7.35. The molecule has 1 aliphatic carbocycles. The number of imidazole rings is 1. The molecule has 1 aliphatic rings. The standard InChI is InChI=1S/C11H12N2S/c1-2-4-8(5-3-1)11-12-9-6-14-7-10(9)13-11/h4,6-7H,1-3,5H2,(H,12,13). The number of aromatic amines is 1. The first-order valence-corrected chi connectivity index (χ1v) is 5.99. The van der Waals surface area contributed by atoms with Crippen LogP contribution in [-0.2, 0) is 0 Å². The Labute approximate surface area is 86.7 Å². The maximum Gasteiger partial charge on any atom is 0.134 e. The van der Waals surface area contributed by atoms with Crippen LogP contribution >= 0.6 is 11.3 Å². The number of allylic oxidation sites excluding steroid dienone is 2. The number of hydrogen-bond acceptors (Lipinski definition) is 2. The summed E-state index contributed by atoms with van der Waals surface area (Å²) < 4.78 is 0. The lowest BCUT2D eigenvalue weighted by Gasteiger charge is -2.09. The number of nitrogens with one attached hydrogen (secondary N) is 1. The lowest BCUT2D eigenvalue weighted by atomic mass is 9.99. The minimum Gasteiger partial charge on any atom is -0.338 e. The Kier molecular flexibility index (Phi) is 1.91. The van der Waals surface area contributed by atoms with Crippen LogP contribution in [0.25, 0.3) is 16.6 Å². The number of H-pyrrole nitrogens is 1. The molecule has 0 unspecified atom stereocenters. The van der Waals surface area contributed by atoms with E-state index in [4.69, 9.17) is 0 Å². The van der Waals surface area contributed by atoms with E-state index < -0.39 is 0 Å². The number of thiophene rings is 1. The second-order valence-electron chi connectivity index (χ2n) is 3.73. The van der Waals surface area contributed by atoms with Gasteiger partial charge in [0.1, 0.15) is 5.82 Å². The second-order valence-corrected chi connectivity index (χ2v) is 4.47. The molecule has 0 aromatic carbocycles. The fourth-order valence-electron chi connectivity index (χ4n) is 1.95. The minimum atomic E-state index is 1.09. The van der Waals surface area contributed by atoms with Gasteiger partial charge in [-0.15, -0.1) is 11.3 Å². The zero-order chi connectivity index (χ0) is 9.38. The molecule has 0 saturated heterocycles. The van der Waals surface area contributed by atoms with Gasteiger partial charge in [0.25, 0.3) is 0 Å². The summed E-state index contributed by atoms with van der Waals surface area (Å²) in [5.41, 5.74) is 3.69. The Bertz CT molecular complexity index is 450. The molecule has 2 heterocycles. The van der Waals surface area contributed by atoms with Gasteiger partial charge < -0.3 is 4.98 Å². The first kappa shape index (κ1) is 8.24. The summed E-state index contributed by atoms with van der Waals surface area (Å²) >= 11 is 1.70. The summed E-state index contributed by atoms with van der Waals surface area (Å²) in [7, 11) is 0. The molecule has 2 aromatic heterocycles. The molecule has 3 rings (SSSR count). The summed E-state index contributed by atoms with van der Waals surface area (Å²) in [6, 6.07) is 0. The van der Waals surface area contributed by atoms with Crippen LogP contribution in [0.3, 0.4) is 0 Å². The van der Waals surface area contributed by atoms with Gasteiger partial charge in [-0.25, -0.2) is 4.98 Å². The van der Waals surface area contributed by atoms with Gasteiger partial charge in [0.15, 0.2) is 0 Å². The molecular formula is C11H12N2S. The molecule has 0 saturated carbocycles. The van der Waals surface area contributed by atoms with E-state index >= 15 is 0 Å². The SMILES string of the molecule is C1=C(c2nc3cscc3[nH]2)CCCC1. The Morgan fingerprint density at radius 1 is 1.29 bits per heavy atom. The second kappa shape index (κ2) is 3.24. The summed E-state index contributed by atoms with van der Waals surface area (Å²) in [5, 5.41) is 4.22. The van der Waals surface area contributed by atoms with E-state index in [1.165, 1.54) is 36.8 Å². The van der Waals surface area contributed by atoms with E-state index in [1.54, 1.807) is 11.3 Å². The van der Waals surface area contributed by atoms with Crippen molar-refractivity contribution in [2.45, 2.75) is 25.7 Å². The van der Waals surface area contributed by atoms with Crippen molar-refractivity contribution in [3.63, 3.8) is 0 Å². The third-order valence-electron chi connectivity index (χ3n) is 2.72. The molecule has 3 heteroatoms. The van der Waals surface area contributed by atoms with E-state index in [2.05, 4.69) is 26.8 Å². The van der Waals surface area contributed by atoms with Gasteiger partial charge in [0.2, 0.25) is 0 Å². The summed E-state index contributed by atoms with van der Waals surface area (Å²) in [6.45, 7) is 0. The molecule has 0 atom stereocenters. The van der Waals surface area contributed by atoms with Gasteiger partial charge in [0, 0.05) is 10.8 Å². The quantitative estimate of drug-likeness (QED) is 0.755. The van der Waals surface area contributed by atoms with Crippen molar-refractivity contribution in [2.24, 2.45) is 0 Å². The molecule has 72 valence electrons. The van der Waals surface area contributed by atoms with Crippen molar-refractivity contribution < 1.29 is 0 Å². The predicted molar refractivity (Wildman–Crippen MR) is 60.4 cm³/mol. The van der Waals surface area contributed by atoms with Crippen LogP contribution in [0.4, 0.5) is 0 Å². The van der Waals surface area contributed by atoms with Crippen molar-refractivity contribution in [3.05, 3.63) is 22.7 Å². The Morgan fingerprint density at radius 2 is 2.29 bits per heavy atom. The van der Waals surface area contributed by atoms with E-state index in [0.29, 0.717) is 0 Å². The molecular weight excluding hydrogens is 192 g/mol. The lowest BCUT2D eigenvalue weighted by molar-refractivity contribution is 0.738. The highest BCUT2D eigenvalue weighted by atomic mass is 32.1. The number of rotatable bonds is 1. The third-order valence-corrected chi connectivity index (χ3v) is 3.45. The topological polar surface area (TPSA) is 28.7 Å². The summed E-state index contributed by atoms with van der Waals surface area (Å²) in [4.78, 5) is 7.96. The Balaban J connectivity index is 2.04. The van der Waals surface area contributed by atoms with E-state index in [0.717, 1.165) is 11.3 Å². The Morgan fingerprint density at radius 3 is 3.07 bits per heavy atom. The molecule has 0 amide bonds. The number of aromatic nitrogens is 2. The number of hydrogen-bond donors (Lipinski definition) is 1. The smallest absolute Gasteiger partial charge is 0.134 e. The lowest BCUT2D eigenvalue weighted by Crippen LogP contribution is -1.93. The van der Waals surface area contributed by atoms with Crippen LogP contribution in [0.2, 0.25) is 0 Å². The van der Waals surface area contributed by atoms with E-state index in [9.17, 15) is 0 Å². The molecule has 0 aliphatic heterocycles. The molecule has 0 radical (unpaired) electrons. The Hall–Kier alpha value is -1.09. The molecule has 0 bridgehead atoms. The number of nitrogens with zero attached hydrogens (tertiary/aromatic N) is 1. The fraction of sp³-hybridized carbons (Fsp3) is 0.364. The minimum absolute atomic E-state index is 1.09. The first-order chi connectivity index (χ1) is 6.93. The van der Waals surface area contributed by atoms with Gasteiger partial charge in [-0.05, 0) is 31.3 Å². The normalized spacial score (nSPS) is 17.3. The van der Waals surface area contributed by atoms with Crippen molar-refractivity contribution in [1.29, 1.82) is 0 Å². The van der Waals surface area contributed by atoms with Crippen molar-refractivity contribution >= 4 is 27.9 Å². The van der Waals surface area contributed by atoms with Gasteiger partial charge in [0.05, 0.1) is 11.0 Å². The van der Waals surface area contributed by atoms with Crippen LogP contribution in [0.5, 0.6) is 0 Å². The van der Waals surface area contributed by atoms with Crippen LogP contribution < -0.4 is 0 Å². The van der Waals surface area contributed by atoms with Gasteiger partial charge in [-0.2, -0.15) is 0 Å². The molecule has 0 spiro atoms. The fourth-order valence-corrected chi connectivity index (χ4v) is 2.64. The molecule has 14 heavy (non-hydrogen) atoms. The monoisotopic (exact) mass is 204 g/mol. The van der Waals surface area contributed by atoms with Crippen LogP contribution in [0.15, 0.2) is 16.8 Å². The average Bonchev–Trinajstić information content (AvgIpc) is 2.78. The van der Waals surface area contributed by atoms with Crippen molar-refractivity contribution in [3.8, 4) is 0 Å². The molecule has 2 aromatic rings. The van der Waals surface area contributed by atoms with E-state index in [-0.39, 0.29) is 0 Å². The summed E-state index contributed by atoms with van der Waals surface area (Å²) in [5.74, 6) is 1.09. The largest absolute Gasteiger partial charge is 0.338 e. The third kappa shape index (κ3) is 1.28.